The van der Waals surface area contributed by atoms with E-state index < -0.39 is 11.7 Å². The van der Waals surface area contributed by atoms with Crippen molar-refractivity contribution >= 4 is 33.7 Å². The van der Waals surface area contributed by atoms with Gasteiger partial charge in [-0.2, -0.15) is 5.10 Å². The zero-order valence-electron chi connectivity index (χ0n) is 15.3. The molecule has 144 valence electrons. The first-order valence-electron chi connectivity index (χ1n) is 9.09. The fourth-order valence-electron chi connectivity index (χ4n) is 3.42. The molecule has 8 heteroatoms. The molecule has 3 aromatic rings. The Morgan fingerprint density at radius 3 is 3.11 bits per heavy atom. The lowest BCUT2D eigenvalue weighted by Gasteiger charge is -2.17. The molecule has 2 heterocycles. The van der Waals surface area contributed by atoms with Gasteiger partial charge in [-0.15, -0.1) is 11.3 Å². The normalized spacial score (nSPS) is 16.4. The predicted molar refractivity (Wildman–Crippen MR) is 107 cm³/mol. The van der Waals surface area contributed by atoms with E-state index in [4.69, 9.17) is 0 Å². The third-order valence-corrected chi connectivity index (χ3v) is 6.06. The number of hydrazone groups is 1. The Hall–Kier alpha value is -2.87. The second-order valence-electron chi connectivity index (χ2n) is 7.02. The van der Waals surface area contributed by atoms with E-state index >= 15 is 0 Å². The first-order valence-corrected chi connectivity index (χ1v) is 9.90. The van der Waals surface area contributed by atoms with E-state index in [1.165, 1.54) is 28.1 Å². The van der Waals surface area contributed by atoms with Crippen molar-refractivity contribution in [3.8, 4) is 0 Å². The summed E-state index contributed by atoms with van der Waals surface area (Å²) >= 11 is 1.57. The van der Waals surface area contributed by atoms with Gasteiger partial charge < -0.3 is 0 Å². The van der Waals surface area contributed by atoms with E-state index in [0.717, 1.165) is 29.7 Å². The zero-order chi connectivity index (χ0) is 19.7. The lowest BCUT2D eigenvalue weighted by atomic mass is 9.89. The molecule has 0 unspecified atom stereocenters. The first kappa shape index (κ1) is 18.5. The van der Waals surface area contributed by atoms with Crippen molar-refractivity contribution in [2.45, 2.75) is 32.7 Å². The number of benzene rings is 1. The molecule has 0 radical (unpaired) electrons. The minimum atomic E-state index is -0.478. The number of amides is 1. The van der Waals surface area contributed by atoms with Gasteiger partial charge in [0.25, 0.3) is 11.5 Å². The standard InChI is InChI=1S/C20H19FN4O2S/c1-12-6-7-14-16(8-12)28-19-18(14)20(27)25(11-22-19)10-17(26)24-23-9-13-4-2-3-5-15(13)21/h2-5,9,11-12H,6-8,10H2,1H3,(H,24,26)/b23-9-/t12-/m0/s1. The quantitative estimate of drug-likeness (QED) is 0.542. The van der Waals surface area contributed by atoms with Crippen LogP contribution in [0.1, 0.15) is 29.3 Å². The summed E-state index contributed by atoms with van der Waals surface area (Å²) in [5.41, 5.74) is 3.47. The predicted octanol–water partition coefficient (Wildman–Crippen LogP) is 2.87. The van der Waals surface area contributed by atoms with E-state index in [2.05, 4.69) is 22.4 Å². The van der Waals surface area contributed by atoms with Gasteiger partial charge in [0.15, 0.2) is 0 Å². The van der Waals surface area contributed by atoms with Crippen LogP contribution in [-0.4, -0.2) is 21.7 Å². The molecule has 28 heavy (non-hydrogen) atoms. The highest BCUT2D eigenvalue weighted by Crippen LogP contribution is 2.35. The number of fused-ring (bicyclic) bond motifs is 3. The van der Waals surface area contributed by atoms with Crippen LogP contribution in [0.5, 0.6) is 0 Å². The number of halogens is 1. The van der Waals surface area contributed by atoms with Crippen LogP contribution in [0.3, 0.4) is 0 Å². The molecule has 1 amide bonds. The third-order valence-electron chi connectivity index (χ3n) is 4.89. The molecule has 6 nitrogen and oxygen atoms in total. The summed E-state index contributed by atoms with van der Waals surface area (Å²) in [4.78, 5) is 31.4. The Morgan fingerprint density at radius 2 is 2.29 bits per heavy atom. The molecule has 0 saturated carbocycles. The topological polar surface area (TPSA) is 76.3 Å². The Balaban J connectivity index is 1.52. The summed E-state index contributed by atoms with van der Waals surface area (Å²) in [5, 5.41) is 4.40. The molecule has 4 rings (SSSR count). The Morgan fingerprint density at radius 1 is 1.46 bits per heavy atom. The van der Waals surface area contributed by atoms with Gasteiger partial charge in [-0.1, -0.05) is 25.1 Å². The van der Waals surface area contributed by atoms with Crippen LogP contribution in [-0.2, 0) is 24.2 Å². The van der Waals surface area contributed by atoms with Crippen LogP contribution in [0.4, 0.5) is 4.39 Å². The number of carbonyl (C=O) groups is 1. The molecule has 1 aromatic carbocycles. The summed E-state index contributed by atoms with van der Waals surface area (Å²) < 4.78 is 14.8. The maximum atomic E-state index is 13.5. The molecule has 0 aliphatic heterocycles. The van der Waals surface area contributed by atoms with E-state index in [1.807, 2.05) is 0 Å². The molecule has 1 aliphatic rings. The van der Waals surface area contributed by atoms with Gasteiger partial charge in [0.05, 0.1) is 17.9 Å². The maximum absolute atomic E-state index is 13.5. The summed E-state index contributed by atoms with van der Waals surface area (Å²) in [5.74, 6) is -0.294. The fraction of sp³-hybridized carbons (Fsp3) is 0.300. The van der Waals surface area contributed by atoms with E-state index in [9.17, 15) is 14.0 Å². The molecule has 1 N–H and O–H groups in total. The van der Waals surface area contributed by atoms with Gasteiger partial charge in [-0.05, 0) is 36.8 Å². The molecule has 0 saturated heterocycles. The smallest absolute Gasteiger partial charge is 0.262 e. The van der Waals surface area contributed by atoms with Gasteiger partial charge in [-0.25, -0.2) is 14.8 Å². The summed E-state index contributed by atoms with van der Waals surface area (Å²) in [6.07, 6.45) is 5.53. The molecule has 2 aromatic heterocycles. The van der Waals surface area contributed by atoms with Crippen molar-refractivity contribution < 1.29 is 9.18 Å². The average molecular weight is 398 g/mol. The Labute approximate surface area is 164 Å². The van der Waals surface area contributed by atoms with Crippen LogP contribution in [0.25, 0.3) is 10.2 Å². The number of nitrogens with zero attached hydrogens (tertiary/aromatic N) is 3. The van der Waals surface area contributed by atoms with E-state index in [-0.39, 0.29) is 17.7 Å². The minimum absolute atomic E-state index is 0.197. The van der Waals surface area contributed by atoms with Gasteiger partial charge >= 0.3 is 0 Å². The van der Waals surface area contributed by atoms with Gasteiger partial charge in [0.2, 0.25) is 0 Å². The highest BCUT2D eigenvalue weighted by Gasteiger charge is 2.23. The fourth-order valence-corrected chi connectivity index (χ4v) is 4.76. The van der Waals surface area contributed by atoms with Gasteiger partial charge in [0, 0.05) is 10.4 Å². The molecule has 0 fully saturated rings. The van der Waals surface area contributed by atoms with Crippen molar-refractivity contribution in [1.82, 2.24) is 15.0 Å². The van der Waals surface area contributed by atoms with Crippen LogP contribution in [0, 0.1) is 11.7 Å². The molecule has 0 bridgehead atoms. The summed E-state index contributed by atoms with van der Waals surface area (Å²) in [7, 11) is 0. The van der Waals surface area contributed by atoms with E-state index in [1.54, 1.807) is 29.5 Å². The number of aryl methyl sites for hydroxylation is 1. The summed E-state index contributed by atoms with van der Waals surface area (Å²) in [6, 6.07) is 6.11. The molecule has 1 aliphatic carbocycles. The molecule has 0 spiro atoms. The Bertz CT molecular complexity index is 1130. The monoisotopic (exact) mass is 398 g/mol. The van der Waals surface area contributed by atoms with Gasteiger partial charge in [-0.3, -0.25) is 14.2 Å². The SMILES string of the molecule is C[C@H]1CCc2c(sc3ncn(CC(=O)N/N=C\c4ccccc4F)c(=O)c23)C1. The number of aromatic nitrogens is 2. The van der Waals surface area contributed by atoms with Crippen molar-refractivity contribution in [2.24, 2.45) is 11.0 Å². The lowest BCUT2D eigenvalue weighted by molar-refractivity contribution is -0.121. The summed E-state index contributed by atoms with van der Waals surface area (Å²) in [6.45, 7) is 2.02. The number of nitrogens with one attached hydrogen (secondary N) is 1. The highest BCUT2D eigenvalue weighted by atomic mass is 32.1. The number of hydrogen-bond acceptors (Lipinski definition) is 5. The van der Waals surface area contributed by atoms with Gasteiger partial charge in [0.1, 0.15) is 17.2 Å². The molecular formula is C20H19FN4O2S. The van der Waals surface area contributed by atoms with E-state index in [0.29, 0.717) is 11.3 Å². The lowest BCUT2D eigenvalue weighted by Crippen LogP contribution is -2.30. The van der Waals surface area contributed by atoms with Crippen molar-refractivity contribution in [1.29, 1.82) is 0 Å². The largest absolute Gasteiger partial charge is 0.289 e. The number of carbonyl (C=O) groups excluding carboxylic acids is 1. The number of thiophene rings is 1. The number of rotatable bonds is 4. The maximum Gasteiger partial charge on any atom is 0.262 e. The van der Waals surface area contributed by atoms with Crippen LogP contribution >= 0.6 is 11.3 Å². The molecule has 1 atom stereocenters. The van der Waals surface area contributed by atoms with Crippen LogP contribution in [0.2, 0.25) is 0 Å². The average Bonchev–Trinajstić information content (AvgIpc) is 3.04. The Kier molecular flexibility index (Phi) is 5.04. The number of hydrogen-bond donors (Lipinski definition) is 1. The minimum Gasteiger partial charge on any atom is -0.289 e. The van der Waals surface area contributed by atoms with Crippen LogP contribution in [0.15, 0.2) is 40.5 Å². The second-order valence-corrected chi connectivity index (χ2v) is 8.11. The molecular weight excluding hydrogens is 379 g/mol. The second kappa shape index (κ2) is 7.63. The zero-order valence-corrected chi connectivity index (χ0v) is 16.1. The first-order chi connectivity index (χ1) is 13.5. The highest BCUT2D eigenvalue weighted by molar-refractivity contribution is 7.18. The van der Waals surface area contributed by atoms with Crippen molar-refractivity contribution in [2.75, 3.05) is 0 Å². The van der Waals surface area contributed by atoms with Crippen LogP contribution < -0.4 is 11.0 Å². The third kappa shape index (κ3) is 3.60. The van der Waals surface area contributed by atoms with Crippen molar-refractivity contribution in [3.63, 3.8) is 0 Å². The van der Waals surface area contributed by atoms with Crippen molar-refractivity contribution in [3.05, 3.63) is 62.8 Å².